The molecular weight excluding hydrogens is 203 g/mol. The van der Waals surface area contributed by atoms with E-state index in [1.54, 1.807) is 0 Å². The minimum Gasteiger partial charge on any atom is -0.423 e. The van der Waals surface area contributed by atoms with Gasteiger partial charge < -0.3 is 4.74 Å². The zero-order chi connectivity index (χ0) is 9.14. The highest BCUT2D eigenvalue weighted by Gasteiger charge is 2.06. The van der Waals surface area contributed by atoms with Gasteiger partial charge in [-0.15, -0.1) is 10.2 Å². The van der Waals surface area contributed by atoms with Crippen molar-refractivity contribution in [3.05, 3.63) is 16.4 Å². The first-order valence-electron chi connectivity index (χ1n) is 2.96. The topological polar surface area (TPSA) is 52.1 Å². The highest BCUT2D eigenvalue weighted by Crippen LogP contribution is 2.23. The van der Waals surface area contributed by atoms with Crippen molar-refractivity contribution in [3.8, 4) is 5.75 Å². The number of halogens is 2. The van der Waals surface area contributed by atoms with E-state index in [4.69, 9.17) is 23.2 Å². The molecule has 0 amide bonds. The van der Waals surface area contributed by atoms with Crippen LogP contribution in [0.3, 0.4) is 0 Å². The molecule has 0 aliphatic rings. The third-order valence-electron chi connectivity index (χ3n) is 0.941. The van der Waals surface area contributed by atoms with Gasteiger partial charge >= 0.3 is 5.97 Å². The molecule has 0 fully saturated rings. The molecule has 6 heteroatoms. The number of ether oxygens (including phenoxy) is 1. The second-order valence-electron chi connectivity index (χ2n) is 1.92. The van der Waals surface area contributed by atoms with Crippen molar-refractivity contribution in [2.75, 3.05) is 0 Å². The molecule has 0 spiro atoms. The fourth-order valence-corrected chi connectivity index (χ4v) is 0.832. The molecule has 0 bridgehead atoms. The number of esters is 1. The average Bonchev–Trinajstić information content (AvgIpc) is 1.96. The highest BCUT2D eigenvalue weighted by molar-refractivity contribution is 6.32. The zero-order valence-electron chi connectivity index (χ0n) is 6.04. The van der Waals surface area contributed by atoms with E-state index in [1.165, 1.54) is 13.0 Å². The zero-order valence-corrected chi connectivity index (χ0v) is 7.56. The maximum Gasteiger partial charge on any atom is 0.308 e. The monoisotopic (exact) mass is 206 g/mol. The third kappa shape index (κ3) is 2.32. The van der Waals surface area contributed by atoms with Gasteiger partial charge in [0, 0.05) is 13.0 Å². The van der Waals surface area contributed by atoms with E-state index >= 15 is 0 Å². The second-order valence-corrected chi connectivity index (χ2v) is 2.66. The Labute approximate surface area is 78.5 Å². The van der Waals surface area contributed by atoms with Crippen molar-refractivity contribution in [3.63, 3.8) is 0 Å². The van der Waals surface area contributed by atoms with Crippen LogP contribution in [0.25, 0.3) is 0 Å². The van der Waals surface area contributed by atoms with Crippen LogP contribution in [0.4, 0.5) is 0 Å². The van der Waals surface area contributed by atoms with Gasteiger partial charge in [-0.2, -0.15) is 0 Å². The first-order valence-corrected chi connectivity index (χ1v) is 3.72. The van der Waals surface area contributed by atoms with Crippen molar-refractivity contribution in [2.24, 2.45) is 0 Å². The quantitative estimate of drug-likeness (QED) is 0.657. The highest BCUT2D eigenvalue weighted by atomic mass is 35.5. The average molecular weight is 207 g/mol. The number of aromatic nitrogens is 2. The van der Waals surface area contributed by atoms with Crippen LogP contribution in [0.5, 0.6) is 5.75 Å². The number of nitrogens with zero attached hydrogens (tertiary/aromatic N) is 2. The summed E-state index contributed by atoms with van der Waals surface area (Å²) in [6, 6.07) is 1.32. The lowest BCUT2D eigenvalue weighted by Gasteiger charge is -2.00. The number of rotatable bonds is 1. The van der Waals surface area contributed by atoms with Crippen molar-refractivity contribution >= 4 is 29.2 Å². The standard InChI is InChI=1S/C6H4Cl2N2O2/c1-3(11)12-4-2-5(7)9-10-6(4)8/h2H,1H3. The van der Waals surface area contributed by atoms with Crippen LogP contribution in [-0.2, 0) is 4.79 Å². The molecule has 0 atom stereocenters. The molecule has 12 heavy (non-hydrogen) atoms. The summed E-state index contributed by atoms with van der Waals surface area (Å²) < 4.78 is 4.67. The van der Waals surface area contributed by atoms with E-state index in [0.29, 0.717) is 0 Å². The van der Waals surface area contributed by atoms with Crippen molar-refractivity contribution in [1.29, 1.82) is 0 Å². The van der Waals surface area contributed by atoms with Crippen molar-refractivity contribution in [2.45, 2.75) is 6.92 Å². The molecule has 4 nitrogen and oxygen atoms in total. The molecule has 0 saturated carbocycles. The lowest BCUT2D eigenvalue weighted by molar-refractivity contribution is -0.131. The summed E-state index contributed by atoms with van der Waals surface area (Å²) in [4.78, 5) is 10.5. The van der Waals surface area contributed by atoms with Gasteiger partial charge in [-0.3, -0.25) is 4.79 Å². The van der Waals surface area contributed by atoms with E-state index < -0.39 is 5.97 Å². The van der Waals surface area contributed by atoms with Gasteiger partial charge in [-0.25, -0.2) is 0 Å². The molecule has 1 heterocycles. The predicted molar refractivity (Wildman–Crippen MR) is 43.4 cm³/mol. The largest absolute Gasteiger partial charge is 0.423 e. The summed E-state index contributed by atoms with van der Waals surface area (Å²) in [5, 5.41) is 7.01. The Kier molecular flexibility index (Phi) is 2.83. The van der Waals surface area contributed by atoms with Gasteiger partial charge in [0.25, 0.3) is 0 Å². The Balaban J connectivity index is 2.97. The summed E-state index contributed by atoms with van der Waals surface area (Å²) in [5.41, 5.74) is 0. The number of hydrogen-bond donors (Lipinski definition) is 0. The molecular formula is C6H4Cl2N2O2. The fraction of sp³-hybridized carbons (Fsp3) is 0.167. The Morgan fingerprint density at radius 1 is 1.50 bits per heavy atom. The molecule has 0 unspecified atom stereocenters. The fourth-order valence-electron chi connectivity index (χ4n) is 0.564. The molecule has 0 saturated heterocycles. The van der Waals surface area contributed by atoms with Crippen LogP contribution in [0.1, 0.15) is 6.92 Å². The molecule has 1 rings (SSSR count). The molecule has 0 aliphatic carbocycles. The van der Waals surface area contributed by atoms with Gasteiger partial charge in [-0.05, 0) is 0 Å². The Hall–Kier alpha value is -0.870. The lowest BCUT2D eigenvalue weighted by atomic mass is 10.5. The molecule has 1 aromatic rings. The summed E-state index contributed by atoms with van der Waals surface area (Å²) in [7, 11) is 0. The molecule has 0 N–H and O–H groups in total. The van der Waals surface area contributed by atoms with Gasteiger partial charge in [-0.1, -0.05) is 23.2 Å². The second kappa shape index (κ2) is 3.69. The van der Waals surface area contributed by atoms with Crippen LogP contribution in [0, 0.1) is 0 Å². The van der Waals surface area contributed by atoms with Crippen LogP contribution < -0.4 is 4.74 Å². The van der Waals surface area contributed by atoms with Crippen LogP contribution in [0.15, 0.2) is 6.07 Å². The molecule has 0 radical (unpaired) electrons. The Morgan fingerprint density at radius 3 is 2.75 bits per heavy atom. The minimum atomic E-state index is -0.485. The van der Waals surface area contributed by atoms with Crippen LogP contribution in [0.2, 0.25) is 10.3 Å². The van der Waals surface area contributed by atoms with Gasteiger partial charge in [0.15, 0.2) is 16.1 Å². The summed E-state index contributed by atoms with van der Waals surface area (Å²) >= 11 is 11.0. The number of hydrogen-bond acceptors (Lipinski definition) is 4. The summed E-state index contributed by atoms with van der Waals surface area (Å²) in [5.74, 6) is -0.370. The van der Waals surface area contributed by atoms with Crippen molar-refractivity contribution in [1.82, 2.24) is 10.2 Å². The molecule has 64 valence electrons. The maximum absolute atomic E-state index is 10.5. The van der Waals surface area contributed by atoms with Crippen LogP contribution >= 0.6 is 23.2 Å². The van der Waals surface area contributed by atoms with E-state index in [0.717, 1.165) is 0 Å². The Morgan fingerprint density at radius 2 is 2.17 bits per heavy atom. The van der Waals surface area contributed by atoms with Gasteiger partial charge in [0.2, 0.25) is 0 Å². The third-order valence-corrected chi connectivity index (χ3v) is 1.39. The number of carbonyl (C=O) groups is 1. The molecule has 0 aliphatic heterocycles. The summed E-state index contributed by atoms with van der Waals surface area (Å²) in [6.07, 6.45) is 0. The Bertz CT molecular complexity index is 316. The maximum atomic E-state index is 10.5. The van der Waals surface area contributed by atoms with E-state index in [2.05, 4.69) is 14.9 Å². The molecule has 0 aromatic carbocycles. The van der Waals surface area contributed by atoms with E-state index in [-0.39, 0.29) is 16.1 Å². The first-order chi connectivity index (χ1) is 5.59. The van der Waals surface area contributed by atoms with Crippen molar-refractivity contribution < 1.29 is 9.53 Å². The first kappa shape index (κ1) is 9.22. The van der Waals surface area contributed by atoms with Crippen LogP contribution in [-0.4, -0.2) is 16.2 Å². The lowest BCUT2D eigenvalue weighted by Crippen LogP contribution is -2.03. The molecule has 1 aromatic heterocycles. The SMILES string of the molecule is CC(=O)Oc1cc(Cl)nnc1Cl. The number of carbonyl (C=O) groups excluding carboxylic acids is 1. The minimum absolute atomic E-state index is 0.00889. The van der Waals surface area contributed by atoms with E-state index in [1.807, 2.05) is 0 Å². The normalized spacial score (nSPS) is 9.58. The van der Waals surface area contributed by atoms with Gasteiger partial charge in [0.05, 0.1) is 0 Å². The van der Waals surface area contributed by atoms with E-state index in [9.17, 15) is 4.79 Å². The smallest absolute Gasteiger partial charge is 0.308 e. The van der Waals surface area contributed by atoms with Gasteiger partial charge in [0.1, 0.15) is 0 Å². The summed E-state index contributed by atoms with van der Waals surface area (Å²) in [6.45, 7) is 1.25. The predicted octanol–water partition coefficient (Wildman–Crippen LogP) is 1.71.